The number of rotatable bonds is 0. The number of carbonyl (C=O) groups excluding carboxylic acids is 4. The van der Waals surface area contributed by atoms with Gasteiger partial charge in [-0.05, 0) is 34.1 Å². The zero-order chi connectivity index (χ0) is 18.2. The van der Waals surface area contributed by atoms with E-state index in [-0.39, 0.29) is 6.04 Å². The van der Waals surface area contributed by atoms with Crippen molar-refractivity contribution in [3.8, 4) is 0 Å². The lowest BCUT2D eigenvalue weighted by Gasteiger charge is -2.40. The lowest BCUT2D eigenvalue weighted by atomic mass is 10.00. The Kier molecular flexibility index (Phi) is 3.24. The summed E-state index contributed by atoms with van der Waals surface area (Å²) in [5.41, 5.74) is 1.02. The van der Waals surface area contributed by atoms with Gasteiger partial charge >= 0.3 is 6.03 Å². The first-order chi connectivity index (χ1) is 11.8. The fourth-order valence-corrected chi connectivity index (χ4v) is 4.64. The van der Waals surface area contributed by atoms with Crippen LogP contribution >= 0.6 is 15.9 Å². The summed E-state index contributed by atoms with van der Waals surface area (Å²) in [6.45, 7) is 2.63. The van der Waals surface area contributed by atoms with E-state index in [2.05, 4.69) is 15.9 Å². The van der Waals surface area contributed by atoms with Gasteiger partial charge in [0.05, 0.1) is 16.7 Å². The zero-order valence-electron chi connectivity index (χ0n) is 13.8. The molecule has 0 unspecified atom stereocenters. The highest BCUT2D eigenvalue weighted by molar-refractivity contribution is 9.10. The highest BCUT2D eigenvalue weighted by atomic mass is 79.9. The van der Waals surface area contributed by atoms with E-state index in [4.69, 9.17) is 0 Å². The van der Waals surface area contributed by atoms with Gasteiger partial charge in [0, 0.05) is 26.6 Å². The molecule has 0 N–H and O–H groups in total. The minimum Gasteiger partial charge on any atom is -0.322 e. The molecule has 9 heteroatoms. The van der Waals surface area contributed by atoms with Gasteiger partial charge in [-0.25, -0.2) is 4.79 Å². The number of carbonyl (C=O) groups is 4. The lowest BCUT2D eigenvalue weighted by molar-refractivity contribution is -0.133. The van der Waals surface area contributed by atoms with E-state index in [9.17, 15) is 19.2 Å². The average molecular weight is 407 g/mol. The molecule has 2 aliphatic heterocycles. The minimum atomic E-state index is -0.671. The largest absolute Gasteiger partial charge is 0.331 e. The summed E-state index contributed by atoms with van der Waals surface area (Å²) < 4.78 is 2.50. The van der Waals surface area contributed by atoms with E-state index in [0.717, 1.165) is 4.90 Å². The predicted molar refractivity (Wildman–Crippen MR) is 89.4 cm³/mol. The van der Waals surface area contributed by atoms with E-state index in [1.54, 1.807) is 23.7 Å². The highest BCUT2D eigenvalue weighted by Crippen LogP contribution is 2.46. The van der Waals surface area contributed by atoms with Crippen molar-refractivity contribution in [3.05, 3.63) is 34.2 Å². The molecular formula is C16H15BrN4O4. The normalized spacial score (nSPS) is 27.3. The molecule has 130 valence electrons. The number of nitrogens with zero attached hydrogens (tertiary/aromatic N) is 4. The molecule has 25 heavy (non-hydrogen) atoms. The van der Waals surface area contributed by atoms with Gasteiger partial charge in [-0.1, -0.05) is 0 Å². The fraction of sp³-hybridized carbons (Fsp3) is 0.375. The summed E-state index contributed by atoms with van der Waals surface area (Å²) in [5, 5.41) is 0. The molecule has 1 saturated heterocycles. The van der Waals surface area contributed by atoms with Crippen LogP contribution in [0.1, 0.15) is 30.4 Å². The summed E-state index contributed by atoms with van der Waals surface area (Å²) >= 11 is 3.44. The van der Waals surface area contributed by atoms with Crippen LogP contribution in [0.2, 0.25) is 0 Å². The molecule has 0 radical (unpaired) electrons. The Morgan fingerprint density at radius 1 is 1.08 bits per heavy atom. The van der Waals surface area contributed by atoms with Crippen LogP contribution in [-0.2, 0) is 9.59 Å². The Morgan fingerprint density at radius 2 is 1.72 bits per heavy atom. The number of fused-ring (bicyclic) bond motifs is 5. The maximum absolute atomic E-state index is 12.9. The van der Waals surface area contributed by atoms with Crippen LogP contribution in [0.4, 0.5) is 4.79 Å². The van der Waals surface area contributed by atoms with Crippen molar-refractivity contribution in [2.75, 3.05) is 7.05 Å². The van der Waals surface area contributed by atoms with Crippen LogP contribution in [0.15, 0.2) is 28.5 Å². The van der Waals surface area contributed by atoms with Crippen LogP contribution in [0.5, 0.6) is 0 Å². The van der Waals surface area contributed by atoms with Gasteiger partial charge in [0.1, 0.15) is 11.7 Å². The Bertz CT molecular complexity index is 889. The monoisotopic (exact) mass is 406 g/mol. The first kappa shape index (κ1) is 16.1. The Balaban J connectivity index is 1.95. The third kappa shape index (κ3) is 1.87. The first-order valence-electron chi connectivity index (χ1n) is 7.75. The van der Waals surface area contributed by atoms with Gasteiger partial charge in [0.25, 0.3) is 5.91 Å². The predicted octanol–water partition coefficient (Wildman–Crippen LogP) is 1.34. The van der Waals surface area contributed by atoms with Crippen molar-refractivity contribution in [1.82, 2.24) is 19.3 Å². The second kappa shape index (κ2) is 5.04. The molecule has 1 aliphatic carbocycles. The van der Waals surface area contributed by atoms with Crippen molar-refractivity contribution < 1.29 is 19.2 Å². The summed E-state index contributed by atoms with van der Waals surface area (Å²) in [4.78, 5) is 53.4. The van der Waals surface area contributed by atoms with Crippen LogP contribution in [0.3, 0.4) is 0 Å². The van der Waals surface area contributed by atoms with Crippen LogP contribution < -0.4 is 0 Å². The van der Waals surface area contributed by atoms with E-state index in [0.29, 0.717) is 16.0 Å². The van der Waals surface area contributed by atoms with Crippen LogP contribution in [0, 0.1) is 0 Å². The Morgan fingerprint density at radius 3 is 2.32 bits per heavy atom. The SMILES string of the molecule is CC(=O)N1C(=O)c2ccc(Br)n2[C@@H]2C=C3[C@H]([C@@H]21)N(C(C)=O)C(=O)N3C. The third-order valence-electron chi connectivity index (χ3n) is 5.06. The van der Waals surface area contributed by atoms with Gasteiger partial charge in [0.15, 0.2) is 0 Å². The number of likely N-dealkylation sites (N-methyl/N-ethyl adjacent to an activating group) is 1. The molecule has 3 heterocycles. The second-order valence-electron chi connectivity index (χ2n) is 6.35. The number of amides is 5. The molecule has 3 aliphatic rings. The summed E-state index contributed by atoms with van der Waals surface area (Å²) in [6, 6.07) is 1.28. The second-order valence-corrected chi connectivity index (χ2v) is 7.17. The minimum absolute atomic E-state index is 0.349. The molecule has 0 aromatic carbocycles. The molecule has 3 atom stereocenters. The van der Waals surface area contributed by atoms with Gasteiger partial charge in [-0.2, -0.15) is 0 Å². The van der Waals surface area contributed by atoms with E-state index in [1.807, 2.05) is 6.08 Å². The fourth-order valence-electron chi connectivity index (χ4n) is 4.08. The lowest BCUT2D eigenvalue weighted by Crippen LogP contribution is -2.59. The van der Waals surface area contributed by atoms with Gasteiger partial charge in [-0.15, -0.1) is 0 Å². The number of aromatic nitrogens is 1. The topological polar surface area (TPSA) is 82.9 Å². The molecule has 5 amide bonds. The molecule has 0 spiro atoms. The number of halogens is 1. The Labute approximate surface area is 151 Å². The first-order valence-corrected chi connectivity index (χ1v) is 8.55. The molecule has 4 rings (SSSR count). The molecule has 1 aromatic heterocycles. The maximum Gasteiger partial charge on any atom is 0.331 e. The number of hydrogen-bond donors (Lipinski definition) is 0. The third-order valence-corrected chi connectivity index (χ3v) is 5.70. The van der Waals surface area contributed by atoms with Gasteiger partial charge in [0.2, 0.25) is 11.8 Å². The molecule has 8 nitrogen and oxygen atoms in total. The van der Waals surface area contributed by atoms with Crippen molar-refractivity contribution in [1.29, 1.82) is 0 Å². The van der Waals surface area contributed by atoms with E-state index < -0.39 is 35.8 Å². The molecular weight excluding hydrogens is 392 g/mol. The average Bonchev–Trinajstić information content (AvgIpc) is 3.14. The van der Waals surface area contributed by atoms with Crippen molar-refractivity contribution in [2.45, 2.75) is 32.0 Å². The van der Waals surface area contributed by atoms with Crippen LogP contribution in [0.25, 0.3) is 0 Å². The highest BCUT2D eigenvalue weighted by Gasteiger charge is 2.58. The van der Waals surface area contributed by atoms with Gasteiger partial charge in [-0.3, -0.25) is 29.1 Å². The molecule has 1 fully saturated rings. The van der Waals surface area contributed by atoms with Crippen molar-refractivity contribution in [2.24, 2.45) is 0 Å². The van der Waals surface area contributed by atoms with E-state index in [1.165, 1.54) is 23.6 Å². The summed E-state index contributed by atoms with van der Waals surface area (Å²) in [7, 11) is 1.59. The van der Waals surface area contributed by atoms with Gasteiger partial charge < -0.3 is 4.57 Å². The standard InChI is InChI=1S/C16H15BrN4O4/c1-7(22)19-14-11(21-9(15(19)24)4-5-12(21)17)6-10-13(14)20(8(2)23)16(25)18(10)3/h4-6,11,13-14H,1-3H3/t11-,13-,14-/m1/s1. The quantitative estimate of drug-likeness (QED) is 0.650. The molecule has 1 aromatic rings. The maximum atomic E-state index is 12.9. The zero-order valence-corrected chi connectivity index (χ0v) is 15.3. The molecule has 0 bridgehead atoms. The van der Waals surface area contributed by atoms with Crippen molar-refractivity contribution in [3.63, 3.8) is 0 Å². The number of urea groups is 1. The molecule has 0 saturated carbocycles. The van der Waals surface area contributed by atoms with Crippen molar-refractivity contribution >= 4 is 39.7 Å². The van der Waals surface area contributed by atoms with Crippen LogP contribution in [-0.4, -0.2) is 62.2 Å². The van der Waals surface area contributed by atoms with E-state index >= 15 is 0 Å². The number of hydrogen-bond acceptors (Lipinski definition) is 4. The summed E-state index contributed by atoms with van der Waals surface area (Å²) in [6.07, 6.45) is 1.85. The number of imide groups is 2. The smallest absolute Gasteiger partial charge is 0.322 e. The summed E-state index contributed by atoms with van der Waals surface area (Å²) in [5.74, 6) is -1.26. The Hall–Kier alpha value is -2.42.